The monoisotopic (exact) mass is 386 g/mol. The SMILES string of the molecule is COc1ccccc1NC(=O)Cn1cc(C=O)c2cc(Br)ccc21. The number of para-hydroxylation sites is 2. The van der Waals surface area contributed by atoms with Crippen LogP contribution in [0.15, 0.2) is 53.1 Å². The Labute approximate surface area is 147 Å². The molecule has 6 heteroatoms. The molecule has 0 bridgehead atoms. The largest absolute Gasteiger partial charge is 0.495 e. The van der Waals surface area contributed by atoms with Gasteiger partial charge in [-0.15, -0.1) is 0 Å². The lowest BCUT2D eigenvalue weighted by molar-refractivity contribution is -0.116. The third-order valence-electron chi connectivity index (χ3n) is 3.70. The molecule has 1 N–H and O–H groups in total. The molecule has 1 heterocycles. The van der Waals surface area contributed by atoms with Crippen molar-refractivity contribution in [1.29, 1.82) is 0 Å². The molecule has 3 aromatic rings. The van der Waals surface area contributed by atoms with E-state index >= 15 is 0 Å². The summed E-state index contributed by atoms with van der Waals surface area (Å²) in [6, 6.07) is 12.8. The summed E-state index contributed by atoms with van der Waals surface area (Å²) >= 11 is 3.40. The Hall–Kier alpha value is -2.60. The fourth-order valence-electron chi connectivity index (χ4n) is 2.61. The highest BCUT2D eigenvalue weighted by Crippen LogP contribution is 2.25. The van der Waals surface area contributed by atoms with Crippen molar-refractivity contribution in [2.75, 3.05) is 12.4 Å². The molecule has 0 aliphatic rings. The van der Waals surface area contributed by atoms with Gasteiger partial charge in [0.05, 0.1) is 12.8 Å². The van der Waals surface area contributed by atoms with Crippen LogP contribution in [0.5, 0.6) is 5.75 Å². The summed E-state index contributed by atoms with van der Waals surface area (Å²) < 4.78 is 7.87. The zero-order chi connectivity index (χ0) is 17.1. The summed E-state index contributed by atoms with van der Waals surface area (Å²) in [7, 11) is 1.55. The van der Waals surface area contributed by atoms with E-state index in [4.69, 9.17) is 4.74 Å². The molecule has 24 heavy (non-hydrogen) atoms. The molecule has 3 rings (SSSR count). The van der Waals surface area contributed by atoms with E-state index in [9.17, 15) is 9.59 Å². The second-order valence-corrected chi connectivity index (χ2v) is 6.16. The molecule has 0 saturated heterocycles. The molecule has 0 aliphatic carbocycles. The highest BCUT2D eigenvalue weighted by molar-refractivity contribution is 9.10. The summed E-state index contributed by atoms with van der Waals surface area (Å²) in [6.07, 6.45) is 2.48. The van der Waals surface area contributed by atoms with Crippen LogP contribution in [-0.2, 0) is 11.3 Å². The highest BCUT2D eigenvalue weighted by Gasteiger charge is 2.12. The van der Waals surface area contributed by atoms with E-state index in [1.165, 1.54) is 0 Å². The fourth-order valence-corrected chi connectivity index (χ4v) is 2.98. The van der Waals surface area contributed by atoms with Crippen LogP contribution in [0.2, 0.25) is 0 Å². The van der Waals surface area contributed by atoms with Crippen molar-refractivity contribution in [3.63, 3.8) is 0 Å². The number of amides is 1. The number of benzene rings is 2. The van der Waals surface area contributed by atoms with E-state index in [0.29, 0.717) is 17.0 Å². The normalized spacial score (nSPS) is 10.6. The fraction of sp³-hybridized carbons (Fsp3) is 0.111. The average Bonchev–Trinajstić information content (AvgIpc) is 2.92. The van der Waals surface area contributed by atoms with Crippen LogP contribution in [-0.4, -0.2) is 23.9 Å². The number of halogens is 1. The van der Waals surface area contributed by atoms with Crippen molar-refractivity contribution in [1.82, 2.24) is 4.57 Å². The first kappa shape index (κ1) is 16.3. The highest BCUT2D eigenvalue weighted by atomic mass is 79.9. The maximum Gasteiger partial charge on any atom is 0.244 e. The van der Waals surface area contributed by atoms with Gasteiger partial charge in [-0.3, -0.25) is 9.59 Å². The van der Waals surface area contributed by atoms with Gasteiger partial charge in [-0.2, -0.15) is 0 Å². The zero-order valence-electron chi connectivity index (χ0n) is 13.0. The lowest BCUT2D eigenvalue weighted by Gasteiger charge is -2.10. The van der Waals surface area contributed by atoms with E-state index in [2.05, 4.69) is 21.2 Å². The maximum absolute atomic E-state index is 12.4. The van der Waals surface area contributed by atoms with Crippen molar-refractivity contribution < 1.29 is 14.3 Å². The Morgan fingerprint density at radius 3 is 2.83 bits per heavy atom. The average molecular weight is 387 g/mol. The third kappa shape index (κ3) is 3.19. The van der Waals surface area contributed by atoms with E-state index < -0.39 is 0 Å². The predicted molar refractivity (Wildman–Crippen MR) is 96.6 cm³/mol. The molecule has 0 radical (unpaired) electrons. The summed E-state index contributed by atoms with van der Waals surface area (Å²) in [5.74, 6) is 0.400. The van der Waals surface area contributed by atoms with Gasteiger partial charge in [-0.05, 0) is 30.3 Å². The molecule has 0 atom stereocenters. The molecular weight excluding hydrogens is 372 g/mol. The van der Waals surface area contributed by atoms with Crippen LogP contribution in [0.3, 0.4) is 0 Å². The van der Waals surface area contributed by atoms with Crippen LogP contribution in [0, 0.1) is 0 Å². The standard InChI is InChI=1S/C18H15BrN2O3/c1-24-17-5-3-2-4-15(17)20-18(23)10-21-9-12(11-22)14-8-13(19)6-7-16(14)21/h2-9,11H,10H2,1H3,(H,20,23). The first-order valence-electron chi connectivity index (χ1n) is 7.29. The van der Waals surface area contributed by atoms with Gasteiger partial charge in [-0.1, -0.05) is 28.1 Å². The number of carbonyl (C=O) groups excluding carboxylic acids is 2. The quantitative estimate of drug-likeness (QED) is 0.677. The van der Waals surface area contributed by atoms with Crippen LogP contribution in [0.25, 0.3) is 10.9 Å². The van der Waals surface area contributed by atoms with Crippen molar-refractivity contribution in [3.8, 4) is 5.75 Å². The van der Waals surface area contributed by atoms with Gasteiger partial charge in [0.2, 0.25) is 5.91 Å². The minimum Gasteiger partial charge on any atom is -0.495 e. The lowest BCUT2D eigenvalue weighted by atomic mass is 10.2. The summed E-state index contributed by atoms with van der Waals surface area (Å²) in [4.78, 5) is 23.6. The molecule has 1 amide bonds. The van der Waals surface area contributed by atoms with Crippen LogP contribution in [0.1, 0.15) is 10.4 Å². The molecule has 2 aromatic carbocycles. The van der Waals surface area contributed by atoms with Crippen LogP contribution in [0.4, 0.5) is 5.69 Å². The molecule has 122 valence electrons. The molecule has 0 unspecified atom stereocenters. The smallest absolute Gasteiger partial charge is 0.244 e. The number of ether oxygens (including phenoxy) is 1. The topological polar surface area (TPSA) is 60.3 Å². The van der Waals surface area contributed by atoms with E-state index in [-0.39, 0.29) is 12.5 Å². The number of hydrogen-bond acceptors (Lipinski definition) is 3. The predicted octanol–water partition coefficient (Wildman–Crippen LogP) is 3.86. The minimum absolute atomic E-state index is 0.101. The molecule has 0 aliphatic heterocycles. The molecular formula is C18H15BrN2O3. The maximum atomic E-state index is 12.4. The summed E-state index contributed by atoms with van der Waals surface area (Å²) in [6.45, 7) is 0.101. The van der Waals surface area contributed by atoms with Crippen LogP contribution < -0.4 is 10.1 Å². The van der Waals surface area contributed by atoms with E-state index in [1.54, 1.807) is 30.0 Å². The number of aromatic nitrogens is 1. The van der Waals surface area contributed by atoms with E-state index in [0.717, 1.165) is 21.7 Å². The lowest BCUT2D eigenvalue weighted by Crippen LogP contribution is -2.18. The Balaban J connectivity index is 1.87. The molecule has 0 spiro atoms. The number of fused-ring (bicyclic) bond motifs is 1. The van der Waals surface area contributed by atoms with Gasteiger partial charge in [0.25, 0.3) is 0 Å². The molecule has 5 nitrogen and oxygen atoms in total. The van der Waals surface area contributed by atoms with Crippen molar-refractivity contribution in [2.24, 2.45) is 0 Å². The van der Waals surface area contributed by atoms with Crippen molar-refractivity contribution in [3.05, 3.63) is 58.7 Å². The second kappa shape index (κ2) is 6.88. The Morgan fingerprint density at radius 1 is 1.29 bits per heavy atom. The van der Waals surface area contributed by atoms with Gasteiger partial charge < -0.3 is 14.6 Å². The zero-order valence-corrected chi connectivity index (χ0v) is 14.5. The summed E-state index contributed by atoms with van der Waals surface area (Å²) in [5, 5.41) is 3.64. The third-order valence-corrected chi connectivity index (χ3v) is 4.19. The minimum atomic E-state index is -0.197. The van der Waals surface area contributed by atoms with Crippen LogP contribution >= 0.6 is 15.9 Å². The Kier molecular flexibility index (Phi) is 4.66. The van der Waals surface area contributed by atoms with Gasteiger partial charge in [-0.25, -0.2) is 0 Å². The number of methoxy groups -OCH3 is 1. The van der Waals surface area contributed by atoms with Gasteiger partial charge in [0.15, 0.2) is 6.29 Å². The molecule has 0 saturated carbocycles. The number of anilines is 1. The Bertz CT molecular complexity index is 918. The molecule has 0 fully saturated rings. The van der Waals surface area contributed by atoms with E-state index in [1.807, 2.05) is 30.3 Å². The number of nitrogens with zero attached hydrogens (tertiary/aromatic N) is 1. The first-order chi connectivity index (χ1) is 11.6. The van der Waals surface area contributed by atoms with Crippen molar-refractivity contribution in [2.45, 2.75) is 6.54 Å². The second-order valence-electron chi connectivity index (χ2n) is 5.24. The van der Waals surface area contributed by atoms with Gasteiger partial charge in [0, 0.05) is 27.1 Å². The number of hydrogen-bond donors (Lipinski definition) is 1. The number of rotatable bonds is 5. The van der Waals surface area contributed by atoms with Gasteiger partial charge in [0.1, 0.15) is 12.3 Å². The van der Waals surface area contributed by atoms with Gasteiger partial charge >= 0.3 is 0 Å². The Morgan fingerprint density at radius 2 is 2.08 bits per heavy atom. The molecule has 1 aromatic heterocycles. The number of aldehydes is 1. The number of carbonyl (C=O) groups is 2. The summed E-state index contributed by atoms with van der Waals surface area (Å²) in [5.41, 5.74) is 1.99. The van der Waals surface area contributed by atoms with Crippen molar-refractivity contribution >= 4 is 44.7 Å². The number of nitrogens with one attached hydrogen (secondary N) is 1. The first-order valence-corrected chi connectivity index (χ1v) is 8.08.